The summed E-state index contributed by atoms with van der Waals surface area (Å²) in [4.78, 5) is 6.45. The Kier molecular flexibility index (Phi) is 8.92. The molecule has 0 radical (unpaired) electrons. The van der Waals surface area contributed by atoms with Gasteiger partial charge in [-0.15, -0.1) is 0 Å². The van der Waals surface area contributed by atoms with Gasteiger partial charge in [-0.05, 0) is 43.1 Å². The van der Waals surface area contributed by atoms with E-state index in [0.717, 1.165) is 42.5 Å². The Balaban J connectivity index is 2.53. The van der Waals surface area contributed by atoms with Gasteiger partial charge in [-0.3, -0.25) is 4.99 Å². The molecular weight excluding hydrogens is 299 g/mol. The van der Waals surface area contributed by atoms with Crippen molar-refractivity contribution in [1.82, 2.24) is 15.5 Å². The first-order valence-corrected chi connectivity index (χ1v) is 8.89. The number of nitrogens with one attached hydrogen (secondary N) is 2. The maximum absolute atomic E-state index is 13.3. The summed E-state index contributed by atoms with van der Waals surface area (Å²) in [5.41, 5.74) is 2.13. The van der Waals surface area contributed by atoms with Crippen LogP contribution in [0.4, 0.5) is 4.39 Å². The number of nitrogens with zero attached hydrogens (tertiary/aromatic N) is 2. The average molecular weight is 326 g/mol. The molecule has 0 amide bonds. The minimum absolute atomic E-state index is 0.182. The van der Waals surface area contributed by atoms with Crippen LogP contribution in [0.1, 0.15) is 18.1 Å². The molecule has 0 saturated carbocycles. The van der Waals surface area contributed by atoms with Crippen LogP contribution in [0.15, 0.2) is 23.2 Å². The maximum Gasteiger partial charge on any atom is 0.191 e. The molecule has 22 heavy (non-hydrogen) atoms. The number of halogens is 1. The third-order valence-electron chi connectivity index (χ3n) is 3.46. The van der Waals surface area contributed by atoms with Crippen LogP contribution in [0, 0.1) is 5.82 Å². The van der Waals surface area contributed by atoms with Crippen molar-refractivity contribution in [1.29, 1.82) is 0 Å². The van der Waals surface area contributed by atoms with Crippen LogP contribution >= 0.6 is 11.8 Å². The predicted molar refractivity (Wildman–Crippen MR) is 95.0 cm³/mol. The summed E-state index contributed by atoms with van der Waals surface area (Å²) in [6.07, 6.45) is 2.02. The minimum atomic E-state index is -0.182. The molecule has 0 spiro atoms. The molecular formula is C16H27FN4S. The van der Waals surface area contributed by atoms with Crippen molar-refractivity contribution in [3.63, 3.8) is 0 Å². The maximum atomic E-state index is 13.3. The van der Waals surface area contributed by atoms with Crippen molar-refractivity contribution in [2.24, 2.45) is 4.99 Å². The molecule has 1 rings (SSSR count). The van der Waals surface area contributed by atoms with E-state index >= 15 is 0 Å². The number of guanidine groups is 1. The number of thioether (sulfide) groups is 1. The van der Waals surface area contributed by atoms with Crippen LogP contribution in [0.25, 0.3) is 0 Å². The predicted octanol–water partition coefficient (Wildman–Crippen LogP) is 2.31. The van der Waals surface area contributed by atoms with E-state index in [1.54, 1.807) is 24.9 Å². The van der Waals surface area contributed by atoms with Gasteiger partial charge in [-0.2, -0.15) is 11.8 Å². The van der Waals surface area contributed by atoms with Gasteiger partial charge in [0.25, 0.3) is 0 Å². The Hall–Kier alpha value is -1.27. The van der Waals surface area contributed by atoms with E-state index in [4.69, 9.17) is 0 Å². The van der Waals surface area contributed by atoms with Crippen LogP contribution in [-0.4, -0.2) is 50.8 Å². The van der Waals surface area contributed by atoms with Gasteiger partial charge in [0.05, 0.1) is 0 Å². The average Bonchev–Trinajstić information content (AvgIpc) is 2.52. The second kappa shape index (κ2) is 10.5. The Morgan fingerprint density at radius 3 is 2.73 bits per heavy atom. The smallest absolute Gasteiger partial charge is 0.191 e. The lowest BCUT2D eigenvalue weighted by Crippen LogP contribution is -2.40. The first-order chi connectivity index (χ1) is 10.6. The van der Waals surface area contributed by atoms with Gasteiger partial charge in [0.15, 0.2) is 5.96 Å². The molecule has 0 aromatic heterocycles. The molecule has 0 aliphatic heterocycles. The zero-order valence-electron chi connectivity index (χ0n) is 13.9. The summed E-state index contributed by atoms with van der Waals surface area (Å²) in [6, 6.07) is 4.96. The second-order valence-corrected chi connectivity index (χ2v) is 5.96. The Morgan fingerprint density at radius 1 is 1.32 bits per heavy atom. The third-order valence-corrected chi connectivity index (χ3v) is 4.06. The largest absolute Gasteiger partial charge is 0.355 e. The van der Waals surface area contributed by atoms with Crippen LogP contribution in [0.3, 0.4) is 0 Å². The first kappa shape index (κ1) is 18.8. The normalized spacial score (nSPS) is 11.8. The fraction of sp³-hybridized carbons (Fsp3) is 0.562. The van der Waals surface area contributed by atoms with E-state index in [-0.39, 0.29) is 5.82 Å². The highest BCUT2D eigenvalue weighted by Crippen LogP contribution is 2.16. The Labute approximate surface area is 137 Å². The van der Waals surface area contributed by atoms with E-state index in [2.05, 4.69) is 34.5 Å². The Bertz CT molecular complexity index is 479. The van der Waals surface area contributed by atoms with E-state index in [0.29, 0.717) is 6.54 Å². The molecule has 4 nitrogen and oxygen atoms in total. The molecule has 1 aromatic carbocycles. The van der Waals surface area contributed by atoms with E-state index in [1.165, 1.54) is 6.07 Å². The number of hydrogen-bond acceptors (Lipinski definition) is 3. The van der Waals surface area contributed by atoms with E-state index < -0.39 is 0 Å². The van der Waals surface area contributed by atoms with Crippen LogP contribution < -0.4 is 10.6 Å². The second-order valence-electron chi connectivity index (χ2n) is 5.09. The van der Waals surface area contributed by atoms with Crippen molar-refractivity contribution in [2.45, 2.75) is 19.2 Å². The van der Waals surface area contributed by atoms with Crippen molar-refractivity contribution in [2.75, 3.05) is 40.0 Å². The molecule has 0 fully saturated rings. The van der Waals surface area contributed by atoms with Crippen molar-refractivity contribution >= 4 is 17.7 Å². The van der Waals surface area contributed by atoms with Gasteiger partial charge in [0.1, 0.15) is 5.82 Å². The molecule has 124 valence electrons. The third kappa shape index (κ3) is 6.66. The molecule has 0 aliphatic carbocycles. The van der Waals surface area contributed by atoms with Gasteiger partial charge in [0, 0.05) is 32.4 Å². The lowest BCUT2D eigenvalue weighted by atomic mass is 10.1. The van der Waals surface area contributed by atoms with Crippen molar-refractivity contribution in [3.05, 3.63) is 35.1 Å². The van der Waals surface area contributed by atoms with Crippen LogP contribution in [-0.2, 0) is 12.3 Å². The number of aliphatic imine (C=N–C) groups is 1. The fourth-order valence-electron chi connectivity index (χ4n) is 1.98. The summed E-state index contributed by atoms with van der Waals surface area (Å²) >= 11 is 1.69. The highest BCUT2D eigenvalue weighted by molar-refractivity contribution is 7.97. The topological polar surface area (TPSA) is 39.7 Å². The molecule has 0 bridgehead atoms. The van der Waals surface area contributed by atoms with E-state index in [1.807, 2.05) is 12.3 Å². The monoisotopic (exact) mass is 326 g/mol. The van der Waals surface area contributed by atoms with Gasteiger partial charge in [-0.1, -0.05) is 13.0 Å². The summed E-state index contributed by atoms with van der Waals surface area (Å²) in [5, 5.41) is 6.57. The molecule has 0 unspecified atom stereocenters. The van der Waals surface area contributed by atoms with Gasteiger partial charge < -0.3 is 15.5 Å². The van der Waals surface area contributed by atoms with Gasteiger partial charge >= 0.3 is 0 Å². The summed E-state index contributed by atoms with van der Waals surface area (Å²) in [6.45, 7) is 5.60. The fourth-order valence-corrected chi connectivity index (χ4v) is 2.56. The zero-order valence-corrected chi connectivity index (χ0v) is 14.8. The highest BCUT2D eigenvalue weighted by atomic mass is 32.2. The lowest BCUT2D eigenvalue weighted by Gasteiger charge is -2.17. The molecule has 1 aromatic rings. The lowest BCUT2D eigenvalue weighted by molar-refractivity contribution is 0.357. The number of likely N-dealkylation sites (N-methyl/N-ethyl adjacent to an activating group) is 1. The van der Waals surface area contributed by atoms with Crippen LogP contribution in [0.5, 0.6) is 0 Å². The molecule has 0 heterocycles. The van der Waals surface area contributed by atoms with Gasteiger partial charge in [0.2, 0.25) is 0 Å². The molecule has 0 aliphatic rings. The number of hydrogen-bond donors (Lipinski definition) is 2. The number of rotatable bonds is 8. The SMILES string of the molecule is CCN(C)CCNC(=NC)NCc1ccc(F)cc1CSC. The standard InChI is InChI=1S/C16H27FN4S/c1-5-21(3)9-8-19-16(18-2)20-11-13-6-7-15(17)10-14(13)12-22-4/h6-7,10H,5,8-9,11-12H2,1-4H3,(H2,18,19,20). The zero-order chi connectivity index (χ0) is 16.4. The molecule has 0 atom stereocenters. The van der Waals surface area contributed by atoms with E-state index in [9.17, 15) is 4.39 Å². The van der Waals surface area contributed by atoms with Crippen molar-refractivity contribution in [3.8, 4) is 0 Å². The van der Waals surface area contributed by atoms with Gasteiger partial charge in [-0.25, -0.2) is 4.39 Å². The van der Waals surface area contributed by atoms with Crippen LogP contribution in [0.2, 0.25) is 0 Å². The molecule has 6 heteroatoms. The quantitative estimate of drug-likeness (QED) is 0.568. The summed E-state index contributed by atoms with van der Waals surface area (Å²) in [7, 11) is 3.84. The summed E-state index contributed by atoms with van der Waals surface area (Å²) < 4.78 is 13.3. The molecule has 2 N–H and O–H groups in total. The Morgan fingerprint density at radius 2 is 2.09 bits per heavy atom. The highest BCUT2D eigenvalue weighted by Gasteiger charge is 2.05. The number of benzene rings is 1. The minimum Gasteiger partial charge on any atom is -0.355 e. The van der Waals surface area contributed by atoms with Crippen molar-refractivity contribution < 1.29 is 4.39 Å². The summed E-state index contributed by atoms with van der Waals surface area (Å²) in [5.74, 6) is 1.39. The first-order valence-electron chi connectivity index (χ1n) is 7.50. The molecule has 0 saturated heterocycles.